The lowest BCUT2D eigenvalue weighted by atomic mass is 9.95. The van der Waals surface area contributed by atoms with Gasteiger partial charge in [-0.25, -0.2) is 4.98 Å². The Morgan fingerprint density at radius 2 is 2.18 bits per heavy atom. The molecule has 0 aliphatic carbocycles. The monoisotopic (exact) mass is 381 g/mol. The van der Waals surface area contributed by atoms with Gasteiger partial charge in [0.25, 0.3) is 0 Å². The van der Waals surface area contributed by atoms with Crippen LogP contribution in [0, 0.1) is 0 Å². The van der Waals surface area contributed by atoms with Crippen LogP contribution >= 0.6 is 0 Å². The summed E-state index contributed by atoms with van der Waals surface area (Å²) in [7, 11) is 1.69. The molecule has 3 rings (SSSR count). The van der Waals surface area contributed by atoms with E-state index in [-0.39, 0.29) is 12.5 Å². The Labute approximate surface area is 163 Å². The van der Waals surface area contributed by atoms with Gasteiger partial charge in [-0.1, -0.05) is 11.6 Å². The SMILES string of the molecule is CC(C)=C/C(=C\N(C)C=O)c1cc2c(c(OCc3cocn3)c1)NC(=O)CC2. The number of ether oxygens (including phenoxy) is 1. The molecule has 0 saturated heterocycles. The van der Waals surface area contributed by atoms with E-state index in [0.29, 0.717) is 30.0 Å². The standard InChI is InChI=1S/C21H23N3O4/c1-14(2)6-17(9-24(3)13-25)16-7-15-4-5-20(26)23-21(15)19(8-16)28-11-18-10-27-12-22-18/h6-10,12-13H,4-5,11H2,1-3H3,(H,23,26)/b17-9+. The van der Waals surface area contributed by atoms with Gasteiger partial charge in [0, 0.05) is 19.7 Å². The molecule has 7 nitrogen and oxygen atoms in total. The van der Waals surface area contributed by atoms with Crippen LogP contribution in [0.4, 0.5) is 5.69 Å². The van der Waals surface area contributed by atoms with E-state index in [1.165, 1.54) is 17.6 Å². The Kier molecular flexibility index (Phi) is 5.93. The van der Waals surface area contributed by atoms with Crippen LogP contribution in [0.25, 0.3) is 5.57 Å². The molecule has 0 bridgehead atoms. The largest absolute Gasteiger partial charge is 0.485 e. The number of aromatic nitrogens is 1. The molecule has 2 aromatic rings. The lowest BCUT2D eigenvalue weighted by molar-refractivity contribution is -0.116. The Hall–Kier alpha value is -3.35. The van der Waals surface area contributed by atoms with Gasteiger partial charge in [-0.15, -0.1) is 0 Å². The number of carbonyl (C=O) groups is 2. The number of hydrogen-bond acceptors (Lipinski definition) is 5. The predicted molar refractivity (Wildman–Crippen MR) is 105 cm³/mol. The van der Waals surface area contributed by atoms with Gasteiger partial charge in [-0.05, 0) is 49.1 Å². The van der Waals surface area contributed by atoms with E-state index in [2.05, 4.69) is 10.3 Å². The molecule has 1 aliphatic rings. The number of amides is 2. The highest BCUT2D eigenvalue weighted by Gasteiger charge is 2.21. The molecule has 0 fully saturated rings. The first-order chi connectivity index (χ1) is 13.5. The Balaban J connectivity index is 2.04. The molecular weight excluding hydrogens is 358 g/mol. The average molecular weight is 381 g/mol. The average Bonchev–Trinajstić information content (AvgIpc) is 3.18. The number of fused-ring (bicyclic) bond motifs is 1. The third-order valence-corrected chi connectivity index (χ3v) is 4.22. The molecule has 0 radical (unpaired) electrons. The van der Waals surface area contributed by atoms with Crippen molar-refractivity contribution in [2.24, 2.45) is 0 Å². The summed E-state index contributed by atoms with van der Waals surface area (Å²) in [6, 6.07) is 3.90. The highest BCUT2D eigenvalue weighted by Crippen LogP contribution is 2.37. The zero-order valence-corrected chi connectivity index (χ0v) is 16.2. The third kappa shape index (κ3) is 4.68. The van der Waals surface area contributed by atoms with Crippen molar-refractivity contribution in [1.29, 1.82) is 0 Å². The molecule has 1 aromatic carbocycles. The molecule has 2 amide bonds. The van der Waals surface area contributed by atoms with Crippen molar-refractivity contribution in [3.05, 3.63) is 59.5 Å². The molecule has 0 saturated carbocycles. The van der Waals surface area contributed by atoms with Crippen molar-refractivity contribution in [1.82, 2.24) is 9.88 Å². The zero-order chi connectivity index (χ0) is 20.1. The number of hydrogen-bond donors (Lipinski definition) is 1. The van der Waals surface area contributed by atoms with Crippen LogP contribution in [0.5, 0.6) is 5.75 Å². The van der Waals surface area contributed by atoms with Gasteiger partial charge in [-0.2, -0.15) is 0 Å². The Morgan fingerprint density at radius 1 is 1.36 bits per heavy atom. The molecule has 0 atom stereocenters. The van der Waals surface area contributed by atoms with Crippen LogP contribution in [0.3, 0.4) is 0 Å². The quantitative estimate of drug-likeness (QED) is 0.586. The second-order valence-corrected chi connectivity index (χ2v) is 6.90. The van der Waals surface area contributed by atoms with E-state index in [1.54, 1.807) is 13.2 Å². The fourth-order valence-corrected chi connectivity index (χ4v) is 2.96. The van der Waals surface area contributed by atoms with Gasteiger partial charge in [0.15, 0.2) is 6.39 Å². The highest BCUT2D eigenvalue weighted by molar-refractivity contribution is 5.96. The number of allylic oxidation sites excluding steroid dienone is 3. The predicted octanol–water partition coefficient (Wildman–Crippen LogP) is 3.53. The minimum Gasteiger partial charge on any atom is -0.485 e. The van der Waals surface area contributed by atoms with E-state index in [4.69, 9.17) is 9.15 Å². The lowest BCUT2D eigenvalue weighted by Gasteiger charge is -2.22. The van der Waals surface area contributed by atoms with Crippen molar-refractivity contribution in [3.8, 4) is 5.75 Å². The van der Waals surface area contributed by atoms with Crippen molar-refractivity contribution >= 4 is 23.6 Å². The lowest BCUT2D eigenvalue weighted by Crippen LogP contribution is -2.20. The molecule has 28 heavy (non-hydrogen) atoms. The molecule has 146 valence electrons. The van der Waals surface area contributed by atoms with Gasteiger partial charge in [0.1, 0.15) is 24.3 Å². The number of carbonyl (C=O) groups excluding carboxylic acids is 2. The molecule has 1 aliphatic heterocycles. The summed E-state index contributed by atoms with van der Waals surface area (Å²) in [5, 5.41) is 2.91. The number of rotatable bonds is 7. The van der Waals surface area contributed by atoms with Crippen LogP contribution < -0.4 is 10.1 Å². The van der Waals surface area contributed by atoms with Crippen LogP contribution in [-0.2, 0) is 22.6 Å². The zero-order valence-electron chi connectivity index (χ0n) is 16.2. The summed E-state index contributed by atoms with van der Waals surface area (Å²) in [6.07, 6.45) is 8.43. The van der Waals surface area contributed by atoms with Crippen LogP contribution in [0.15, 0.2) is 47.1 Å². The van der Waals surface area contributed by atoms with Gasteiger partial charge in [-0.3, -0.25) is 9.59 Å². The molecule has 2 heterocycles. The van der Waals surface area contributed by atoms with E-state index >= 15 is 0 Å². The molecular formula is C21H23N3O4. The van der Waals surface area contributed by atoms with Gasteiger partial charge in [0.2, 0.25) is 12.3 Å². The third-order valence-electron chi connectivity index (χ3n) is 4.22. The topological polar surface area (TPSA) is 84.7 Å². The number of nitrogens with zero attached hydrogens (tertiary/aromatic N) is 2. The van der Waals surface area contributed by atoms with E-state index in [1.807, 2.05) is 32.1 Å². The number of oxazole rings is 1. The van der Waals surface area contributed by atoms with Crippen LogP contribution in [0.1, 0.15) is 37.1 Å². The second-order valence-electron chi connectivity index (χ2n) is 6.90. The first kappa shape index (κ1) is 19.4. The molecule has 1 N–H and O–H groups in total. The van der Waals surface area contributed by atoms with Crippen LogP contribution in [0.2, 0.25) is 0 Å². The Morgan fingerprint density at radius 3 is 2.86 bits per heavy atom. The molecule has 0 spiro atoms. The summed E-state index contributed by atoms with van der Waals surface area (Å²) in [5.74, 6) is 0.526. The summed E-state index contributed by atoms with van der Waals surface area (Å²) in [5.41, 5.74) is 5.21. The number of nitrogens with one attached hydrogen (secondary N) is 1. The summed E-state index contributed by atoms with van der Waals surface area (Å²) < 4.78 is 10.9. The number of anilines is 1. The van der Waals surface area contributed by atoms with E-state index in [0.717, 1.165) is 28.7 Å². The van der Waals surface area contributed by atoms with Gasteiger partial charge >= 0.3 is 0 Å². The van der Waals surface area contributed by atoms with E-state index in [9.17, 15) is 9.59 Å². The van der Waals surface area contributed by atoms with Gasteiger partial charge < -0.3 is 19.4 Å². The second kappa shape index (κ2) is 8.56. The molecule has 7 heteroatoms. The number of aryl methyl sites for hydroxylation is 1. The first-order valence-electron chi connectivity index (χ1n) is 8.97. The molecule has 1 aromatic heterocycles. The summed E-state index contributed by atoms with van der Waals surface area (Å²) in [6.45, 7) is 4.21. The van der Waals surface area contributed by atoms with Gasteiger partial charge in [0.05, 0.1) is 5.69 Å². The van der Waals surface area contributed by atoms with Crippen molar-refractivity contribution < 1.29 is 18.7 Å². The normalized spacial score (nSPS) is 13.4. The fraction of sp³-hybridized carbons (Fsp3) is 0.286. The van der Waals surface area contributed by atoms with Crippen molar-refractivity contribution in [3.63, 3.8) is 0 Å². The maximum Gasteiger partial charge on any atom is 0.224 e. The van der Waals surface area contributed by atoms with Crippen molar-refractivity contribution in [2.75, 3.05) is 12.4 Å². The van der Waals surface area contributed by atoms with E-state index < -0.39 is 0 Å². The first-order valence-corrected chi connectivity index (χ1v) is 8.97. The van der Waals surface area contributed by atoms with Crippen LogP contribution in [-0.4, -0.2) is 29.2 Å². The minimum atomic E-state index is -0.0349. The highest BCUT2D eigenvalue weighted by atomic mass is 16.5. The fourth-order valence-electron chi connectivity index (χ4n) is 2.96. The number of benzene rings is 1. The smallest absolute Gasteiger partial charge is 0.224 e. The maximum atomic E-state index is 11.9. The minimum absolute atomic E-state index is 0.0349. The van der Waals surface area contributed by atoms with Crippen molar-refractivity contribution in [2.45, 2.75) is 33.3 Å². The summed E-state index contributed by atoms with van der Waals surface area (Å²) >= 11 is 0. The summed E-state index contributed by atoms with van der Waals surface area (Å²) in [4.78, 5) is 28.5. The maximum absolute atomic E-state index is 11.9. The molecule has 0 unspecified atom stereocenters. The Bertz CT molecular complexity index is 925.